The first-order valence-corrected chi connectivity index (χ1v) is 10.6. The van der Waals surface area contributed by atoms with Gasteiger partial charge in [0, 0.05) is 0 Å². The number of ether oxygens (including phenoxy) is 2. The Morgan fingerprint density at radius 1 is 1.13 bits per heavy atom. The number of halogens is 2. The summed E-state index contributed by atoms with van der Waals surface area (Å²) in [7, 11) is 0. The highest BCUT2D eigenvalue weighted by molar-refractivity contribution is 6.55. The van der Waals surface area contributed by atoms with Gasteiger partial charge in [-0.2, -0.15) is 5.26 Å². The third-order valence-corrected chi connectivity index (χ3v) is 5.72. The summed E-state index contributed by atoms with van der Waals surface area (Å²) in [4.78, 5) is 12.7. The average Bonchev–Trinajstić information content (AvgIpc) is 3.26. The van der Waals surface area contributed by atoms with Gasteiger partial charge in [-0.25, -0.2) is 0 Å². The lowest BCUT2D eigenvalue weighted by Crippen LogP contribution is -2.20. The number of rotatable bonds is 7. The van der Waals surface area contributed by atoms with Crippen molar-refractivity contribution in [1.29, 1.82) is 5.26 Å². The zero-order valence-electron chi connectivity index (χ0n) is 17.5. The molecular weight excluding hydrogens is 433 g/mol. The minimum absolute atomic E-state index is 0.111. The van der Waals surface area contributed by atoms with E-state index in [1.807, 2.05) is 74.5 Å². The SMILES string of the molecule is C/C(=C\c1cccc(Oc2ccccc2)c1)C(C#N)OC(=O)C1C(C=C(Cl)Cl)C1(C)C. The first kappa shape index (κ1) is 22.9. The zero-order valence-corrected chi connectivity index (χ0v) is 19.0. The molecule has 1 saturated carbocycles. The molecular formula is C25H23Cl2NO3. The van der Waals surface area contributed by atoms with Crippen LogP contribution in [-0.2, 0) is 9.53 Å². The molecule has 3 unspecified atom stereocenters. The molecule has 4 nitrogen and oxygen atoms in total. The summed E-state index contributed by atoms with van der Waals surface area (Å²) in [6, 6.07) is 19.0. The zero-order chi connectivity index (χ0) is 22.6. The van der Waals surface area contributed by atoms with Crippen molar-refractivity contribution in [2.24, 2.45) is 17.3 Å². The molecule has 0 spiro atoms. The summed E-state index contributed by atoms with van der Waals surface area (Å²) in [5.74, 6) is 0.482. The Kier molecular flexibility index (Phi) is 7.10. The van der Waals surface area contributed by atoms with Crippen molar-refractivity contribution < 1.29 is 14.3 Å². The van der Waals surface area contributed by atoms with Crippen LogP contribution in [-0.4, -0.2) is 12.1 Å². The molecule has 0 aromatic heterocycles. The maximum absolute atomic E-state index is 12.7. The Labute approximate surface area is 192 Å². The lowest BCUT2D eigenvalue weighted by Gasteiger charge is -2.13. The second-order valence-electron chi connectivity index (χ2n) is 8.10. The highest BCUT2D eigenvalue weighted by Gasteiger charge is 2.62. The van der Waals surface area contributed by atoms with E-state index < -0.39 is 12.1 Å². The molecule has 2 aromatic carbocycles. The number of carbonyl (C=O) groups excluding carboxylic acids is 1. The van der Waals surface area contributed by atoms with E-state index in [0.29, 0.717) is 11.3 Å². The van der Waals surface area contributed by atoms with Crippen LogP contribution in [0, 0.1) is 28.6 Å². The van der Waals surface area contributed by atoms with Gasteiger partial charge in [0.05, 0.1) is 5.92 Å². The number of nitrogens with zero attached hydrogens (tertiary/aromatic N) is 1. The highest BCUT2D eigenvalue weighted by atomic mass is 35.5. The van der Waals surface area contributed by atoms with Crippen LogP contribution in [0.3, 0.4) is 0 Å². The van der Waals surface area contributed by atoms with Crippen molar-refractivity contribution in [2.75, 3.05) is 0 Å². The topological polar surface area (TPSA) is 59.3 Å². The molecule has 1 fully saturated rings. The van der Waals surface area contributed by atoms with E-state index in [9.17, 15) is 10.1 Å². The van der Waals surface area contributed by atoms with E-state index in [4.69, 9.17) is 32.7 Å². The molecule has 160 valence electrons. The molecule has 0 heterocycles. The molecule has 0 radical (unpaired) electrons. The number of hydrogen-bond acceptors (Lipinski definition) is 4. The third kappa shape index (κ3) is 5.70. The number of carbonyl (C=O) groups is 1. The van der Waals surface area contributed by atoms with E-state index in [1.165, 1.54) is 0 Å². The van der Waals surface area contributed by atoms with E-state index in [1.54, 1.807) is 13.0 Å². The van der Waals surface area contributed by atoms with Crippen LogP contribution < -0.4 is 4.74 Å². The van der Waals surface area contributed by atoms with Crippen molar-refractivity contribution in [3.63, 3.8) is 0 Å². The number of nitriles is 1. The predicted molar refractivity (Wildman–Crippen MR) is 123 cm³/mol. The fourth-order valence-electron chi connectivity index (χ4n) is 3.62. The van der Waals surface area contributed by atoms with Crippen LogP contribution >= 0.6 is 23.2 Å². The second kappa shape index (κ2) is 9.60. The molecule has 0 amide bonds. The van der Waals surface area contributed by atoms with E-state index in [-0.39, 0.29) is 21.7 Å². The van der Waals surface area contributed by atoms with Crippen molar-refractivity contribution in [3.8, 4) is 17.6 Å². The van der Waals surface area contributed by atoms with Crippen molar-refractivity contribution in [2.45, 2.75) is 26.9 Å². The minimum Gasteiger partial charge on any atom is -0.457 e. The number of hydrogen-bond donors (Lipinski definition) is 0. The van der Waals surface area contributed by atoms with Crippen LogP contribution in [0.2, 0.25) is 0 Å². The largest absolute Gasteiger partial charge is 0.457 e. The summed E-state index contributed by atoms with van der Waals surface area (Å²) in [6.45, 7) is 5.65. The van der Waals surface area contributed by atoms with E-state index >= 15 is 0 Å². The Balaban J connectivity index is 1.70. The van der Waals surface area contributed by atoms with Gasteiger partial charge in [-0.15, -0.1) is 0 Å². The van der Waals surface area contributed by atoms with Crippen LogP contribution in [0.15, 0.2) is 70.7 Å². The molecule has 0 bridgehead atoms. The summed E-state index contributed by atoms with van der Waals surface area (Å²) in [6.07, 6.45) is 2.47. The van der Waals surface area contributed by atoms with Gasteiger partial charge in [0.2, 0.25) is 6.10 Å². The van der Waals surface area contributed by atoms with E-state index in [2.05, 4.69) is 6.07 Å². The Hall–Kier alpha value is -2.74. The first-order valence-electron chi connectivity index (χ1n) is 9.86. The van der Waals surface area contributed by atoms with Crippen LogP contribution in [0.5, 0.6) is 11.5 Å². The summed E-state index contributed by atoms with van der Waals surface area (Å²) in [5, 5.41) is 9.57. The number of para-hydroxylation sites is 1. The smallest absolute Gasteiger partial charge is 0.311 e. The Morgan fingerprint density at radius 3 is 2.45 bits per heavy atom. The molecule has 2 aromatic rings. The molecule has 0 saturated heterocycles. The number of benzene rings is 2. The van der Waals surface area contributed by atoms with Crippen LogP contribution in [0.1, 0.15) is 26.3 Å². The normalized spacial score (nSPS) is 20.2. The number of esters is 1. The van der Waals surface area contributed by atoms with Gasteiger partial charge >= 0.3 is 5.97 Å². The fraction of sp³-hybridized carbons (Fsp3) is 0.280. The van der Waals surface area contributed by atoms with E-state index in [0.717, 1.165) is 11.3 Å². The predicted octanol–water partition coefficient (Wildman–Crippen LogP) is 6.91. The monoisotopic (exact) mass is 455 g/mol. The maximum atomic E-state index is 12.7. The molecule has 6 heteroatoms. The van der Waals surface area contributed by atoms with Crippen LogP contribution in [0.4, 0.5) is 0 Å². The van der Waals surface area contributed by atoms with Gasteiger partial charge in [-0.3, -0.25) is 4.79 Å². The molecule has 0 N–H and O–H groups in total. The number of allylic oxidation sites excluding steroid dienone is 1. The molecule has 0 aliphatic heterocycles. The molecule has 31 heavy (non-hydrogen) atoms. The standard InChI is InChI=1S/C25H23Cl2NO3/c1-16(12-17-8-7-11-19(13-17)30-18-9-5-4-6-10-18)21(15-28)31-24(29)23-20(14-22(26)27)25(23,2)3/h4-14,20-21,23H,1-3H3/b16-12+. The Bertz CT molecular complexity index is 1050. The quantitative estimate of drug-likeness (QED) is 0.425. The van der Waals surface area contributed by atoms with Crippen molar-refractivity contribution in [1.82, 2.24) is 0 Å². The fourth-order valence-corrected chi connectivity index (χ4v) is 3.89. The summed E-state index contributed by atoms with van der Waals surface area (Å²) in [5.41, 5.74) is 1.14. The molecule has 1 aliphatic carbocycles. The molecule has 3 rings (SSSR count). The Morgan fingerprint density at radius 2 is 1.81 bits per heavy atom. The third-order valence-electron chi connectivity index (χ3n) is 5.47. The van der Waals surface area contributed by atoms with Gasteiger partial charge in [0.25, 0.3) is 0 Å². The van der Waals surface area contributed by atoms with Crippen LogP contribution in [0.25, 0.3) is 6.08 Å². The molecule has 1 aliphatic rings. The van der Waals surface area contributed by atoms with Gasteiger partial charge in [-0.05, 0) is 59.7 Å². The lowest BCUT2D eigenvalue weighted by molar-refractivity contribution is -0.147. The summed E-state index contributed by atoms with van der Waals surface area (Å²) >= 11 is 11.5. The second-order valence-corrected chi connectivity index (χ2v) is 9.11. The summed E-state index contributed by atoms with van der Waals surface area (Å²) < 4.78 is 11.5. The minimum atomic E-state index is -0.987. The molecule has 3 atom stereocenters. The van der Waals surface area contributed by atoms with Crippen molar-refractivity contribution >= 4 is 35.2 Å². The first-order chi connectivity index (χ1) is 14.7. The maximum Gasteiger partial charge on any atom is 0.311 e. The van der Waals surface area contributed by atoms with Gasteiger partial charge < -0.3 is 9.47 Å². The lowest BCUT2D eigenvalue weighted by atomic mass is 10.1. The van der Waals surface area contributed by atoms with Gasteiger partial charge in [0.15, 0.2) is 0 Å². The average molecular weight is 456 g/mol. The van der Waals surface area contributed by atoms with Gasteiger partial charge in [-0.1, -0.05) is 73.5 Å². The van der Waals surface area contributed by atoms with Crippen molar-refractivity contribution in [3.05, 3.63) is 76.3 Å². The van der Waals surface area contributed by atoms with Gasteiger partial charge in [0.1, 0.15) is 22.1 Å². The highest BCUT2D eigenvalue weighted by Crippen LogP contribution is 2.60.